The van der Waals surface area contributed by atoms with Gasteiger partial charge in [-0.05, 0) is 34.7 Å². The highest BCUT2D eigenvalue weighted by atomic mass is 127. The van der Waals surface area contributed by atoms with E-state index in [1.165, 1.54) is 18.2 Å². The second-order valence-corrected chi connectivity index (χ2v) is 3.66. The first-order chi connectivity index (χ1) is 5.43. The third-order valence-corrected chi connectivity index (χ3v) is 2.46. The average molecular weight is 306 g/mol. The van der Waals surface area contributed by atoms with Crippen LogP contribution in [0.15, 0.2) is 18.2 Å². The molecule has 0 aliphatic carbocycles. The molecule has 0 aliphatic rings. The van der Waals surface area contributed by atoms with Gasteiger partial charge in [0.05, 0.1) is 10.6 Å². The van der Waals surface area contributed by atoms with E-state index >= 15 is 0 Å². The standard InChI is InChI=1S/C7H3ClF3I/c8-4-2-1-3-5(12)6(4)7(9,10)11/h1-3H. The summed E-state index contributed by atoms with van der Waals surface area (Å²) in [4.78, 5) is 0. The summed E-state index contributed by atoms with van der Waals surface area (Å²) in [6.07, 6.45) is -4.37. The number of halogens is 5. The van der Waals surface area contributed by atoms with Gasteiger partial charge in [0.15, 0.2) is 0 Å². The van der Waals surface area contributed by atoms with Crippen molar-refractivity contribution in [1.29, 1.82) is 0 Å². The number of alkyl halides is 3. The molecule has 0 spiro atoms. The van der Waals surface area contributed by atoms with E-state index in [2.05, 4.69) is 0 Å². The van der Waals surface area contributed by atoms with Crippen molar-refractivity contribution in [1.82, 2.24) is 0 Å². The maximum atomic E-state index is 12.2. The van der Waals surface area contributed by atoms with Crippen molar-refractivity contribution in [2.75, 3.05) is 0 Å². The fraction of sp³-hybridized carbons (Fsp3) is 0.143. The molecule has 0 amide bonds. The molecular weight excluding hydrogens is 303 g/mol. The molecule has 0 N–H and O–H groups in total. The van der Waals surface area contributed by atoms with Crippen molar-refractivity contribution in [2.24, 2.45) is 0 Å². The molecule has 0 saturated carbocycles. The smallest absolute Gasteiger partial charge is 0.166 e. The molecule has 66 valence electrons. The van der Waals surface area contributed by atoms with E-state index in [4.69, 9.17) is 11.6 Å². The molecule has 0 fully saturated rings. The molecule has 12 heavy (non-hydrogen) atoms. The quantitative estimate of drug-likeness (QED) is 0.636. The van der Waals surface area contributed by atoms with Crippen LogP contribution >= 0.6 is 34.2 Å². The van der Waals surface area contributed by atoms with Gasteiger partial charge < -0.3 is 0 Å². The molecule has 0 unspecified atom stereocenters. The Kier molecular flexibility index (Phi) is 2.88. The summed E-state index contributed by atoms with van der Waals surface area (Å²) < 4.78 is 36.8. The van der Waals surface area contributed by atoms with Gasteiger partial charge in [-0.3, -0.25) is 0 Å². The predicted molar refractivity (Wildman–Crippen MR) is 49.2 cm³/mol. The fourth-order valence-corrected chi connectivity index (χ4v) is 2.01. The zero-order valence-corrected chi connectivity index (χ0v) is 8.54. The molecule has 5 heteroatoms. The largest absolute Gasteiger partial charge is 0.418 e. The zero-order chi connectivity index (χ0) is 9.35. The predicted octanol–water partition coefficient (Wildman–Crippen LogP) is 3.96. The Hall–Kier alpha value is 0.0300. The Balaban J connectivity index is 3.31. The van der Waals surface area contributed by atoms with Gasteiger partial charge in [-0.2, -0.15) is 13.2 Å². The van der Waals surface area contributed by atoms with E-state index < -0.39 is 11.7 Å². The molecule has 0 saturated heterocycles. The highest BCUT2D eigenvalue weighted by Crippen LogP contribution is 2.37. The minimum atomic E-state index is -4.37. The minimum Gasteiger partial charge on any atom is -0.166 e. The molecule has 0 radical (unpaired) electrons. The first-order valence-electron chi connectivity index (χ1n) is 2.94. The number of rotatable bonds is 0. The van der Waals surface area contributed by atoms with Gasteiger partial charge in [0.25, 0.3) is 0 Å². The summed E-state index contributed by atoms with van der Waals surface area (Å²) in [7, 11) is 0. The SMILES string of the molecule is FC(F)(F)c1c(Cl)cccc1I. The van der Waals surface area contributed by atoms with Crippen molar-refractivity contribution >= 4 is 34.2 Å². The fourth-order valence-electron chi connectivity index (χ4n) is 0.769. The van der Waals surface area contributed by atoms with Crippen LogP contribution in [-0.4, -0.2) is 0 Å². The van der Waals surface area contributed by atoms with Crippen LogP contribution < -0.4 is 0 Å². The van der Waals surface area contributed by atoms with Crippen LogP contribution in [0.3, 0.4) is 0 Å². The lowest BCUT2D eigenvalue weighted by molar-refractivity contribution is -0.138. The molecule has 0 bridgehead atoms. The van der Waals surface area contributed by atoms with Gasteiger partial charge in [0.1, 0.15) is 0 Å². The van der Waals surface area contributed by atoms with Gasteiger partial charge >= 0.3 is 6.18 Å². The van der Waals surface area contributed by atoms with Crippen LogP contribution in [-0.2, 0) is 6.18 Å². The lowest BCUT2D eigenvalue weighted by Crippen LogP contribution is -2.08. The number of hydrogen-bond acceptors (Lipinski definition) is 0. The van der Waals surface area contributed by atoms with E-state index in [9.17, 15) is 13.2 Å². The van der Waals surface area contributed by atoms with Gasteiger partial charge in [-0.1, -0.05) is 17.7 Å². The molecule has 1 rings (SSSR count). The molecule has 0 aliphatic heterocycles. The average Bonchev–Trinajstić information content (AvgIpc) is 1.82. The highest BCUT2D eigenvalue weighted by molar-refractivity contribution is 14.1. The highest BCUT2D eigenvalue weighted by Gasteiger charge is 2.35. The Morgan fingerprint density at radius 2 is 1.83 bits per heavy atom. The van der Waals surface area contributed by atoms with Gasteiger partial charge in [-0.25, -0.2) is 0 Å². The molecular formula is C7H3ClF3I. The molecule has 1 aromatic rings. The first-order valence-corrected chi connectivity index (χ1v) is 4.40. The summed E-state index contributed by atoms with van der Waals surface area (Å²) in [6, 6.07) is 4.08. The Bertz CT molecular complexity index is 275. The summed E-state index contributed by atoms with van der Waals surface area (Å²) in [5, 5.41) is -0.255. The van der Waals surface area contributed by atoms with Crippen molar-refractivity contribution in [3.8, 4) is 0 Å². The lowest BCUT2D eigenvalue weighted by Gasteiger charge is -2.09. The zero-order valence-electron chi connectivity index (χ0n) is 5.62. The van der Waals surface area contributed by atoms with E-state index in [1.807, 2.05) is 0 Å². The van der Waals surface area contributed by atoms with Crippen LogP contribution in [0.2, 0.25) is 5.02 Å². The van der Waals surface area contributed by atoms with Crippen molar-refractivity contribution in [3.05, 3.63) is 32.4 Å². The second-order valence-electron chi connectivity index (χ2n) is 2.09. The monoisotopic (exact) mass is 306 g/mol. The topological polar surface area (TPSA) is 0 Å². The number of benzene rings is 1. The summed E-state index contributed by atoms with van der Waals surface area (Å²) in [6.45, 7) is 0. The van der Waals surface area contributed by atoms with Gasteiger partial charge in [0, 0.05) is 3.57 Å². The van der Waals surface area contributed by atoms with Crippen molar-refractivity contribution in [2.45, 2.75) is 6.18 Å². The Morgan fingerprint density at radius 1 is 1.25 bits per heavy atom. The van der Waals surface area contributed by atoms with Crippen LogP contribution in [0.25, 0.3) is 0 Å². The summed E-state index contributed by atoms with van der Waals surface area (Å²) in [5.74, 6) is 0. The van der Waals surface area contributed by atoms with Crippen LogP contribution in [0.4, 0.5) is 13.2 Å². The lowest BCUT2D eigenvalue weighted by atomic mass is 10.2. The van der Waals surface area contributed by atoms with E-state index in [0.29, 0.717) is 0 Å². The Morgan fingerprint density at radius 3 is 2.17 bits per heavy atom. The molecule has 0 nitrogen and oxygen atoms in total. The van der Waals surface area contributed by atoms with E-state index in [1.54, 1.807) is 22.6 Å². The molecule has 1 aromatic carbocycles. The van der Waals surface area contributed by atoms with Gasteiger partial charge in [-0.15, -0.1) is 0 Å². The molecule has 0 atom stereocenters. The van der Waals surface area contributed by atoms with Crippen LogP contribution in [0.1, 0.15) is 5.56 Å². The minimum absolute atomic E-state index is 0.118. The summed E-state index contributed by atoms with van der Waals surface area (Å²) >= 11 is 7.00. The second kappa shape index (κ2) is 3.41. The third kappa shape index (κ3) is 2.04. The van der Waals surface area contributed by atoms with Crippen LogP contribution in [0, 0.1) is 3.57 Å². The van der Waals surface area contributed by atoms with E-state index in [0.717, 1.165) is 0 Å². The van der Waals surface area contributed by atoms with Gasteiger partial charge in [0.2, 0.25) is 0 Å². The van der Waals surface area contributed by atoms with E-state index in [-0.39, 0.29) is 8.59 Å². The maximum absolute atomic E-state index is 12.2. The molecule has 0 aromatic heterocycles. The Labute approximate surface area is 85.9 Å². The van der Waals surface area contributed by atoms with Crippen molar-refractivity contribution in [3.63, 3.8) is 0 Å². The first kappa shape index (κ1) is 10.1. The third-order valence-electron chi connectivity index (χ3n) is 1.25. The normalized spacial score (nSPS) is 11.8. The summed E-state index contributed by atoms with van der Waals surface area (Å²) in [5.41, 5.74) is -0.757. The molecule has 0 heterocycles. The van der Waals surface area contributed by atoms with Crippen molar-refractivity contribution < 1.29 is 13.2 Å². The maximum Gasteiger partial charge on any atom is 0.418 e. The number of hydrogen-bond donors (Lipinski definition) is 0. The van der Waals surface area contributed by atoms with Crippen LogP contribution in [0.5, 0.6) is 0 Å².